The average molecular weight is 452 g/mol. The van der Waals surface area contributed by atoms with Crippen molar-refractivity contribution in [1.29, 1.82) is 0 Å². The first-order valence-corrected chi connectivity index (χ1v) is 9.52. The lowest BCUT2D eigenvalue weighted by Gasteiger charge is -2.23. The molecule has 31 heavy (non-hydrogen) atoms. The van der Waals surface area contributed by atoms with Crippen LogP contribution in [-0.4, -0.2) is 34.1 Å². The molecular formula is C20H17ClF3N5O2. The van der Waals surface area contributed by atoms with E-state index in [-0.39, 0.29) is 11.6 Å². The number of hydrogen-bond donors (Lipinski definition) is 1. The summed E-state index contributed by atoms with van der Waals surface area (Å²) < 4.78 is 46.1. The van der Waals surface area contributed by atoms with Crippen LogP contribution in [0.1, 0.15) is 28.6 Å². The van der Waals surface area contributed by atoms with Gasteiger partial charge in [-0.05, 0) is 36.8 Å². The number of methoxy groups -OCH3 is 1. The number of ether oxygens (including phenoxy) is 1. The van der Waals surface area contributed by atoms with Crippen molar-refractivity contribution in [2.75, 3.05) is 13.7 Å². The Morgan fingerprint density at radius 1 is 1.26 bits per heavy atom. The standard InChI is InChI=1S/C20H17ClF3N5O2/c1-11-8-29(10-25-11)17-6-5-15(27-19(17)30-2)18-26-16(9-31-28-18)12-3-4-13(14(21)7-12)20(22,23)24/h3-8,10,16H,9H2,1-2H3,(H,26,28). The van der Waals surface area contributed by atoms with Crippen molar-refractivity contribution >= 4 is 17.4 Å². The number of rotatable bonds is 4. The molecular weight excluding hydrogens is 435 g/mol. The van der Waals surface area contributed by atoms with Crippen molar-refractivity contribution < 1.29 is 22.7 Å². The zero-order valence-electron chi connectivity index (χ0n) is 16.4. The largest absolute Gasteiger partial charge is 0.479 e. The highest BCUT2D eigenvalue weighted by Crippen LogP contribution is 2.36. The second-order valence-corrected chi connectivity index (χ2v) is 7.20. The van der Waals surface area contributed by atoms with Crippen LogP contribution in [0.25, 0.3) is 5.69 Å². The number of aryl methyl sites for hydroxylation is 1. The van der Waals surface area contributed by atoms with E-state index in [9.17, 15) is 13.2 Å². The molecule has 0 amide bonds. The first-order chi connectivity index (χ1) is 14.8. The summed E-state index contributed by atoms with van der Waals surface area (Å²) in [6.07, 6.45) is -1.04. The number of aliphatic imine (C=N–C) groups is 1. The average Bonchev–Trinajstić information content (AvgIpc) is 3.18. The van der Waals surface area contributed by atoms with Gasteiger partial charge in [0.15, 0.2) is 5.84 Å². The highest BCUT2D eigenvalue weighted by atomic mass is 35.5. The van der Waals surface area contributed by atoms with Gasteiger partial charge in [0.25, 0.3) is 0 Å². The number of pyridine rings is 1. The molecule has 3 aromatic rings. The molecule has 2 aromatic heterocycles. The van der Waals surface area contributed by atoms with Gasteiger partial charge >= 0.3 is 6.18 Å². The van der Waals surface area contributed by atoms with Gasteiger partial charge < -0.3 is 9.30 Å². The normalized spacial score (nSPS) is 16.6. The van der Waals surface area contributed by atoms with Crippen molar-refractivity contribution in [2.45, 2.75) is 19.1 Å². The van der Waals surface area contributed by atoms with Crippen LogP contribution in [0.15, 0.2) is 47.8 Å². The van der Waals surface area contributed by atoms with Gasteiger partial charge in [-0.3, -0.25) is 9.83 Å². The maximum atomic E-state index is 13.0. The fraction of sp³-hybridized carbons (Fsp3) is 0.250. The molecule has 0 saturated carbocycles. The smallest absolute Gasteiger partial charge is 0.417 e. The molecule has 11 heteroatoms. The lowest BCUT2D eigenvalue weighted by Crippen LogP contribution is -2.33. The number of benzene rings is 1. The third kappa shape index (κ3) is 4.35. The molecule has 4 rings (SSSR count). The van der Waals surface area contributed by atoms with Gasteiger partial charge in [-0.15, -0.1) is 0 Å². The highest BCUT2D eigenvalue weighted by Gasteiger charge is 2.33. The summed E-state index contributed by atoms with van der Waals surface area (Å²) in [6.45, 7) is 1.99. The zero-order valence-corrected chi connectivity index (χ0v) is 17.2. The molecule has 1 aliphatic rings. The Labute approximate surface area is 180 Å². The Hall–Kier alpha value is -3.11. The summed E-state index contributed by atoms with van der Waals surface area (Å²) in [5.74, 6) is 0.665. The Balaban J connectivity index is 1.65. The Bertz CT molecular complexity index is 1150. The minimum Gasteiger partial charge on any atom is -0.479 e. The van der Waals surface area contributed by atoms with Crippen molar-refractivity contribution in [3.05, 3.63) is 70.4 Å². The van der Waals surface area contributed by atoms with Crippen molar-refractivity contribution in [1.82, 2.24) is 20.0 Å². The van der Waals surface area contributed by atoms with Crippen LogP contribution < -0.4 is 10.2 Å². The predicted octanol–water partition coefficient (Wildman–Crippen LogP) is 4.28. The van der Waals surface area contributed by atoms with Crippen LogP contribution in [0.2, 0.25) is 5.02 Å². The number of nitrogens with zero attached hydrogens (tertiary/aromatic N) is 4. The molecule has 0 bridgehead atoms. The van der Waals surface area contributed by atoms with Gasteiger partial charge in [-0.1, -0.05) is 17.7 Å². The van der Waals surface area contributed by atoms with Crippen LogP contribution in [-0.2, 0) is 11.0 Å². The van der Waals surface area contributed by atoms with Gasteiger partial charge in [0.1, 0.15) is 24.0 Å². The molecule has 1 N–H and O–H groups in total. The number of nitrogens with one attached hydrogen (secondary N) is 1. The monoisotopic (exact) mass is 451 g/mol. The van der Waals surface area contributed by atoms with Gasteiger partial charge in [-0.25, -0.2) is 15.4 Å². The minimum absolute atomic E-state index is 0.120. The first-order valence-electron chi connectivity index (χ1n) is 9.15. The lowest BCUT2D eigenvalue weighted by molar-refractivity contribution is -0.137. The van der Waals surface area contributed by atoms with E-state index < -0.39 is 17.8 Å². The maximum Gasteiger partial charge on any atom is 0.417 e. The van der Waals surface area contributed by atoms with Crippen LogP contribution in [0, 0.1) is 6.92 Å². The van der Waals surface area contributed by atoms with Crippen molar-refractivity contribution in [2.24, 2.45) is 4.99 Å². The van der Waals surface area contributed by atoms with Crippen molar-refractivity contribution in [3.63, 3.8) is 0 Å². The molecule has 0 spiro atoms. The first kappa shape index (κ1) is 21.1. The lowest BCUT2D eigenvalue weighted by atomic mass is 10.0. The second-order valence-electron chi connectivity index (χ2n) is 6.79. The highest BCUT2D eigenvalue weighted by molar-refractivity contribution is 6.31. The van der Waals surface area contributed by atoms with Gasteiger partial charge in [0, 0.05) is 6.20 Å². The summed E-state index contributed by atoms with van der Waals surface area (Å²) in [5, 5.41) is -0.389. The Morgan fingerprint density at radius 3 is 2.71 bits per heavy atom. The summed E-state index contributed by atoms with van der Waals surface area (Å²) >= 11 is 5.84. The molecule has 0 saturated heterocycles. The molecule has 0 aliphatic carbocycles. The third-order valence-electron chi connectivity index (χ3n) is 4.64. The molecule has 7 nitrogen and oxygen atoms in total. The predicted molar refractivity (Wildman–Crippen MR) is 107 cm³/mol. The number of amidine groups is 1. The summed E-state index contributed by atoms with van der Waals surface area (Å²) in [7, 11) is 1.50. The number of hydrogen-bond acceptors (Lipinski definition) is 6. The SMILES string of the molecule is COc1nc(C2=NC(c3ccc(C(F)(F)F)c(Cl)c3)CON2)ccc1-n1cnc(C)c1. The molecule has 0 fully saturated rings. The number of imidazole rings is 1. The Morgan fingerprint density at radius 2 is 2.06 bits per heavy atom. The molecule has 1 aliphatic heterocycles. The number of alkyl halides is 3. The minimum atomic E-state index is -4.52. The van der Waals surface area contributed by atoms with E-state index in [0.29, 0.717) is 28.7 Å². The van der Waals surface area contributed by atoms with E-state index in [1.54, 1.807) is 23.0 Å². The second kappa shape index (κ2) is 8.20. The van der Waals surface area contributed by atoms with E-state index in [1.807, 2.05) is 13.1 Å². The molecule has 162 valence electrons. The fourth-order valence-electron chi connectivity index (χ4n) is 3.13. The van der Waals surface area contributed by atoms with Crippen LogP contribution in [0.5, 0.6) is 5.88 Å². The Kier molecular flexibility index (Phi) is 5.59. The van der Waals surface area contributed by atoms with Gasteiger partial charge in [0.2, 0.25) is 5.88 Å². The summed E-state index contributed by atoms with van der Waals surface area (Å²) in [5.41, 5.74) is 4.28. The molecule has 1 atom stereocenters. The maximum absolute atomic E-state index is 13.0. The van der Waals surface area contributed by atoms with Crippen LogP contribution >= 0.6 is 11.6 Å². The number of hydroxylamine groups is 1. The third-order valence-corrected chi connectivity index (χ3v) is 4.96. The van der Waals surface area contributed by atoms with Gasteiger partial charge in [0.05, 0.1) is 29.7 Å². The van der Waals surface area contributed by atoms with E-state index in [0.717, 1.165) is 11.8 Å². The van der Waals surface area contributed by atoms with E-state index >= 15 is 0 Å². The zero-order chi connectivity index (χ0) is 22.2. The fourth-order valence-corrected chi connectivity index (χ4v) is 3.43. The van der Waals surface area contributed by atoms with Gasteiger partial charge in [-0.2, -0.15) is 13.2 Å². The summed E-state index contributed by atoms with van der Waals surface area (Å²) in [4.78, 5) is 18.6. The topological polar surface area (TPSA) is 73.6 Å². The summed E-state index contributed by atoms with van der Waals surface area (Å²) in [6, 6.07) is 6.50. The van der Waals surface area contributed by atoms with Crippen molar-refractivity contribution in [3.8, 4) is 11.6 Å². The number of aromatic nitrogens is 3. The molecule has 0 radical (unpaired) electrons. The van der Waals surface area contributed by atoms with Crippen LogP contribution in [0.3, 0.4) is 0 Å². The van der Waals surface area contributed by atoms with E-state index in [4.69, 9.17) is 21.2 Å². The number of halogens is 4. The molecule has 1 aromatic carbocycles. The molecule has 3 heterocycles. The van der Waals surface area contributed by atoms with E-state index in [2.05, 4.69) is 20.4 Å². The van der Waals surface area contributed by atoms with Crippen LogP contribution in [0.4, 0.5) is 13.2 Å². The quantitative estimate of drug-likeness (QED) is 0.641. The molecule has 1 unspecified atom stereocenters. The van der Waals surface area contributed by atoms with E-state index in [1.165, 1.54) is 19.2 Å².